The first-order valence-electron chi connectivity index (χ1n) is 6.50. The minimum atomic E-state index is 0.393. The van der Waals surface area contributed by atoms with Crippen molar-refractivity contribution in [2.45, 2.75) is 44.8 Å². The van der Waals surface area contributed by atoms with Gasteiger partial charge in [0.1, 0.15) is 0 Å². The van der Waals surface area contributed by atoms with Gasteiger partial charge < -0.3 is 10.1 Å². The van der Waals surface area contributed by atoms with Crippen molar-refractivity contribution in [3.05, 3.63) is 19.2 Å². The van der Waals surface area contributed by atoms with Gasteiger partial charge in [0, 0.05) is 12.6 Å². The lowest BCUT2D eigenvalue weighted by atomic mass is 10.0. The molecule has 1 N–H and O–H groups in total. The second-order valence-electron chi connectivity index (χ2n) is 4.66. The van der Waals surface area contributed by atoms with E-state index < -0.39 is 0 Å². The predicted octanol–water partition coefficient (Wildman–Crippen LogP) is 4.88. The van der Waals surface area contributed by atoms with E-state index >= 15 is 0 Å². The van der Waals surface area contributed by atoms with Crippen LogP contribution in [0.3, 0.4) is 0 Å². The minimum absolute atomic E-state index is 0.393. The average Bonchev–Trinajstić information content (AvgIpc) is 2.94. The molecule has 18 heavy (non-hydrogen) atoms. The smallest absolute Gasteiger partial charge is 0.0758 e. The topological polar surface area (TPSA) is 21.3 Å². The highest BCUT2D eigenvalue weighted by Gasteiger charge is 2.24. The van der Waals surface area contributed by atoms with Crippen LogP contribution in [0.15, 0.2) is 13.6 Å². The van der Waals surface area contributed by atoms with Crippen molar-refractivity contribution in [3.63, 3.8) is 0 Å². The maximum absolute atomic E-state index is 5.77. The van der Waals surface area contributed by atoms with E-state index in [2.05, 4.69) is 50.2 Å². The third kappa shape index (κ3) is 4.04. The second-order valence-corrected chi connectivity index (χ2v) is 8.41. The van der Waals surface area contributed by atoms with Gasteiger partial charge in [-0.1, -0.05) is 6.92 Å². The van der Waals surface area contributed by atoms with Gasteiger partial charge in [0.15, 0.2) is 0 Å². The lowest BCUT2D eigenvalue weighted by Crippen LogP contribution is -2.26. The van der Waals surface area contributed by atoms with Gasteiger partial charge in [-0.05, 0) is 75.7 Å². The summed E-state index contributed by atoms with van der Waals surface area (Å²) in [5.41, 5.74) is 1.36. The average molecular weight is 397 g/mol. The van der Waals surface area contributed by atoms with Crippen LogP contribution in [0.4, 0.5) is 0 Å². The molecule has 0 spiro atoms. The summed E-state index contributed by atoms with van der Waals surface area (Å²) < 4.78 is 8.17. The molecule has 102 valence electrons. The number of ether oxygens (including phenoxy) is 1. The number of thiophene rings is 1. The van der Waals surface area contributed by atoms with Crippen molar-refractivity contribution in [2.75, 3.05) is 13.2 Å². The zero-order chi connectivity index (χ0) is 13.0. The number of hydrogen-bond acceptors (Lipinski definition) is 3. The number of hydrogen-bond donors (Lipinski definition) is 1. The van der Waals surface area contributed by atoms with E-state index in [1.54, 1.807) is 11.3 Å². The molecule has 1 saturated heterocycles. The molecule has 1 aliphatic rings. The Balaban J connectivity index is 2.05. The SMILES string of the molecule is CCCNC(CC1CCCO1)c1cc(Br)sc1Br. The summed E-state index contributed by atoms with van der Waals surface area (Å²) in [5.74, 6) is 0. The first-order valence-corrected chi connectivity index (χ1v) is 8.90. The van der Waals surface area contributed by atoms with Gasteiger partial charge in [0.2, 0.25) is 0 Å². The molecule has 2 atom stereocenters. The zero-order valence-corrected chi connectivity index (χ0v) is 14.5. The van der Waals surface area contributed by atoms with Gasteiger partial charge in [-0.25, -0.2) is 0 Å². The van der Waals surface area contributed by atoms with Crippen LogP contribution in [0.2, 0.25) is 0 Å². The van der Waals surface area contributed by atoms with Crippen molar-refractivity contribution >= 4 is 43.2 Å². The standard InChI is InChI=1S/C13H19Br2NOS/c1-2-5-16-11(7-9-4-3-6-17-9)10-8-12(14)18-13(10)15/h8-9,11,16H,2-7H2,1H3. The van der Waals surface area contributed by atoms with E-state index in [-0.39, 0.29) is 0 Å². The molecule has 2 heterocycles. The van der Waals surface area contributed by atoms with Crippen LogP contribution in [0.5, 0.6) is 0 Å². The Morgan fingerprint density at radius 2 is 2.39 bits per heavy atom. The second kappa shape index (κ2) is 7.39. The van der Waals surface area contributed by atoms with E-state index in [4.69, 9.17) is 4.74 Å². The summed E-state index contributed by atoms with van der Waals surface area (Å²) in [7, 11) is 0. The lowest BCUT2D eigenvalue weighted by molar-refractivity contribution is 0.0945. The van der Waals surface area contributed by atoms with Crippen molar-refractivity contribution < 1.29 is 4.74 Å². The number of nitrogens with one attached hydrogen (secondary N) is 1. The fraction of sp³-hybridized carbons (Fsp3) is 0.692. The Morgan fingerprint density at radius 1 is 1.56 bits per heavy atom. The van der Waals surface area contributed by atoms with E-state index in [0.29, 0.717) is 12.1 Å². The molecular weight excluding hydrogens is 378 g/mol. The van der Waals surface area contributed by atoms with Gasteiger partial charge >= 0.3 is 0 Å². The Bertz CT molecular complexity index is 377. The van der Waals surface area contributed by atoms with Crippen LogP contribution in [-0.2, 0) is 4.74 Å². The molecule has 2 rings (SSSR count). The molecule has 2 nitrogen and oxygen atoms in total. The summed E-state index contributed by atoms with van der Waals surface area (Å²) in [5, 5.41) is 3.64. The van der Waals surface area contributed by atoms with E-state index in [1.807, 2.05) is 0 Å². The summed E-state index contributed by atoms with van der Waals surface area (Å²) in [4.78, 5) is 0. The first kappa shape index (κ1) is 15.0. The molecule has 5 heteroatoms. The highest BCUT2D eigenvalue weighted by molar-refractivity contribution is 9.12. The van der Waals surface area contributed by atoms with Crippen LogP contribution >= 0.6 is 43.2 Å². The largest absolute Gasteiger partial charge is 0.378 e. The maximum atomic E-state index is 5.77. The van der Waals surface area contributed by atoms with Crippen molar-refractivity contribution in [1.29, 1.82) is 0 Å². The third-order valence-electron chi connectivity index (χ3n) is 3.22. The highest BCUT2D eigenvalue weighted by atomic mass is 79.9. The molecule has 0 aromatic carbocycles. The van der Waals surface area contributed by atoms with Gasteiger partial charge in [0.05, 0.1) is 13.7 Å². The summed E-state index contributed by atoms with van der Waals surface area (Å²) >= 11 is 8.97. The van der Waals surface area contributed by atoms with Crippen molar-refractivity contribution in [2.24, 2.45) is 0 Å². The molecule has 1 aromatic heterocycles. The Labute approximate surface area is 130 Å². The molecule has 1 aliphatic heterocycles. The quantitative estimate of drug-likeness (QED) is 0.739. The molecular formula is C13H19Br2NOS. The van der Waals surface area contributed by atoms with Crippen LogP contribution in [-0.4, -0.2) is 19.3 Å². The van der Waals surface area contributed by atoms with Crippen LogP contribution < -0.4 is 5.32 Å². The van der Waals surface area contributed by atoms with Gasteiger partial charge in [-0.2, -0.15) is 0 Å². The molecule has 0 aliphatic carbocycles. The maximum Gasteiger partial charge on any atom is 0.0758 e. The van der Waals surface area contributed by atoms with E-state index in [9.17, 15) is 0 Å². The third-order valence-corrected chi connectivity index (χ3v) is 5.61. The Morgan fingerprint density at radius 3 is 2.94 bits per heavy atom. The normalized spacial score (nSPS) is 21.4. The first-order chi connectivity index (χ1) is 8.70. The molecule has 2 unspecified atom stereocenters. The molecule has 0 saturated carbocycles. The van der Waals surface area contributed by atoms with E-state index in [1.165, 1.54) is 26.0 Å². The van der Waals surface area contributed by atoms with Gasteiger partial charge in [-0.3, -0.25) is 0 Å². The van der Waals surface area contributed by atoms with Crippen LogP contribution in [0.1, 0.15) is 44.2 Å². The number of rotatable bonds is 6. The monoisotopic (exact) mass is 395 g/mol. The predicted molar refractivity (Wildman–Crippen MR) is 84.3 cm³/mol. The fourth-order valence-electron chi connectivity index (χ4n) is 2.32. The van der Waals surface area contributed by atoms with Crippen molar-refractivity contribution in [1.82, 2.24) is 5.32 Å². The summed E-state index contributed by atoms with van der Waals surface area (Å²) in [6.07, 6.45) is 5.06. The van der Waals surface area contributed by atoms with Crippen molar-refractivity contribution in [3.8, 4) is 0 Å². The molecule has 0 radical (unpaired) electrons. The molecule has 1 aromatic rings. The molecule has 1 fully saturated rings. The van der Waals surface area contributed by atoms with Crippen LogP contribution in [0, 0.1) is 0 Å². The molecule has 0 bridgehead atoms. The minimum Gasteiger partial charge on any atom is -0.378 e. The van der Waals surface area contributed by atoms with E-state index in [0.717, 1.165) is 26.0 Å². The number of halogens is 2. The Kier molecular flexibility index (Phi) is 6.15. The lowest BCUT2D eigenvalue weighted by Gasteiger charge is -2.21. The molecule has 0 amide bonds. The highest BCUT2D eigenvalue weighted by Crippen LogP contribution is 2.38. The van der Waals surface area contributed by atoms with Gasteiger partial charge in [0.25, 0.3) is 0 Å². The fourth-order valence-corrected chi connectivity index (χ4v) is 5.30. The summed E-state index contributed by atoms with van der Waals surface area (Å²) in [6.45, 7) is 4.19. The zero-order valence-electron chi connectivity index (χ0n) is 10.5. The van der Waals surface area contributed by atoms with Gasteiger partial charge in [-0.15, -0.1) is 11.3 Å². The van der Waals surface area contributed by atoms with Crippen LogP contribution in [0.25, 0.3) is 0 Å². The Hall–Kier alpha value is 0.580. The summed E-state index contributed by atoms with van der Waals surface area (Å²) in [6, 6.07) is 2.61.